The molecule has 0 amide bonds. The molecular formula is C14H17Cl2NO6S. The van der Waals surface area contributed by atoms with Crippen LogP contribution in [0.1, 0.15) is 24.2 Å². The van der Waals surface area contributed by atoms with E-state index in [1.807, 2.05) is 0 Å². The van der Waals surface area contributed by atoms with Crippen LogP contribution in [0.4, 0.5) is 0 Å². The predicted octanol–water partition coefficient (Wildman–Crippen LogP) is 2.26. The van der Waals surface area contributed by atoms with Gasteiger partial charge in [0.15, 0.2) is 0 Å². The van der Waals surface area contributed by atoms with Gasteiger partial charge in [-0.25, -0.2) is 13.2 Å². The second kappa shape index (κ2) is 8.15. The van der Waals surface area contributed by atoms with Crippen molar-refractivity contribution in [3.8, 4) is 0 Å². The molecule has 0 radical (unpaired) electrons. The Balaban J connectivity index is 3.37. The van der Waals surface area contributed by atoms with Crippen LogP contribution in [-0.2, 0) is 24.3 Å². The van der Waals surface area contributed by atoms with Crippen molar-refractivity contribution >= 4 is 45.2 Å². The maximum atomic E-state index is 12.6. The zero-order valence-electron chi connectivity index (χ0n) is 13.4. The summed E-state index contributed by atoms with van der Waals surface area (Å²) in [6.07, 6.45) is 0. The Hall–Kier alpha value is -1.35. The molecule has 0 heterocycles. The fourth-order valence-corrected chi connectivity index (χ4v) is 4.00. The third kappa shape index (κ3) is 4.60. The lowest BCUT2D eigenvalue weighted by Gasteiger charge is -2.20. The number of esters is 2. The third-order valence-electron chi connectivity index (χ3n) is 3.12. The molecule has 1 rings (SSSR count). The average molecular weight is 398 g/mol. The average Bonchev–Trinajstić information content (AvgIpc) is 2.50. The van der Waals surface area contributed by atoms with Gasteiger partial charge >= 0.3 is 11.9 Å². The molecule has 7 nitrogen and oxygen atoms in total. The van der Waals surface area contributed by atoms with E-state index in [1.54, 1.807) is 13.8 Å². The summed E-state index contributed by atoms with van der Waals surface area (Å²) in [5.74, 6) is -1.94. The Morgan fingerprint density at radius 1 is 1.08 bits per heavy atom. The minimum absolute atomic E-state index is 0.0563. The van der Waals surface area contributed by atoms with E-state index >= 15 is 0 Å². The third-order valence-corrected chi connectivity index (χ3v) is 5.34. The van der Waals surface area contributed by atoms with Crippen LogP contribution in [-0.4, -0.2) is 40.6 Å². The van der Waals surface area contributed by atoms with Crippen molar-refractivity contribution in [1.82, 2.24) is 4.72 Å². The van der Waals surface area contributed by atoms with Crippen molar-refractivity contribution < 1.29 is 27.5 Å². The highest BCUT2D eigenvalue weighted by Crippen LogP contribution is 2.29. The minimum atomic E-state index is -4.22. The zero-order valence-corrected chi connectivity index (χ0v) is 15.8. The molecule has 0 spiro atoms. The van der Waals surface area contributed by atoms with E-state index < -0.39 is 32.9 Å². The van der Waals surface area contributed by atoms with Gasteiger partial charge in [0.25, 0.3) is 0 Å². The molecule has 10 heteroatoms. The van der Waals surface area contributed by atoms with Gasteiger partial charge in [0, 0.05) is 0 Å². The van der Waals surface area contributed by atoms with Crippen molar-refractivity contribution in [2.24, 2.45) is 5.92 Å². The van der Waals surface area contributed by atoms with Crippen LogP contribution in [0.3, 0.4) is 0 Å². The Morgan fingerprint density at radius 3 is 2.12 bits per heavy atom. The van der Waals surface area contributed by atoms with Crippen molar-refractivity contribution in [1.29, 1.82) is 0 Å². The van der Waals surface area contributed by atoms with E-state index in [-0.39, 0.29) is 21.5 Å². The smallest absolute Gasteiger partial charge is 0.339 e. The van der Waals surface area contributed by atoms with Gasteiger partial charge in [-0.05, 0) is 18.1 Å². The molecule has 1 aromatic rings. The normalized spacial score (nSPS) is 12.8. The fourth-order valence-electron chi connectivity index (χ4n) is 1.82. The molecule has 0 saturated heterocycles. The maximum Gasteiger partial charge on any atom is 0.339 e. The first kappa shape index (κ1) is 20.7. The number of hydrogen-bond acceptors (Lipinski definition) is 6. The second-order valence-corrected chi connectivity index (χ2v) is 7.62. The molecule has 0 aliphatic rings. The number of ether oxygens (including phenoxy) is 2. The van der Waals surface area contributed by atoms with Crippen LogP contribution < -0.4 is 4.72 Å². The van der Waals surface area contributed by atoms with E-state index in [2.05, 4.69) is 14.2 Å². The fraction of sp³-hybridized carbons (Fsp3) is 0.429. The van der Waals surface area contributed by atoms with Crippen LogP contribution in [0.15, 0.2) is 17.0 Å². The number of methoxy groups -OCH3 is 2. The van der Waals surface area contributed by atoms with Gasteiger partial charge in [-0.1, -0.05) is 37.0 Å². The lowest BCUT2D eigenvalue weighted by molar-refractivity contribution is -0.143. The highest BCUT2D eigenvalue weighted by atomic mass is 35.5. The maximum absolute atomic E-state index is 12.6. The number of rotatable bonds is 6. The molecule has 1 atom stereocenters. The van der Waals surface area contributed by atoms with Gasteiger partial charge in [-0.3, -0.25) is 4.79 Å². The molecule has 1 aromatic carbocycles. The van der Waals surface area contributed by atoms with Crippen molar-refractivity contribution in [3.63, 3.8) is 0 Å². The summed E-state index contributed by atoms with van der Waals surface area (Å²) in [4.78, 5) is 23.0. The lowest BCUT2D eigenvalue weighted by atomic mass is 10.1. The number of carbonyl (C=O) groups is 2. The molecule has 134 valence electrons. The number of benzene rings is 1. The quantitative estimate of drug-likeness (QED) is 0.738. The van der Waals surface area contributed by atoms with Crippen LogP contribution in [0, 0.1) is 5.92 Å². The lowest BCUT2D eigenvalue weighted by Crippen LogP contribution is -2.45. The Bertz CT molecular complexity index is 748. The highest BCUT2D eigenvalue weighted by molar-refractivity contribution is 7.89. The van der Waals surface area contributed by atoms with E-state index in [0.29, 0.717) is 0 Å². The van der Waals surface area contributed by atoms with Crippen molar-refractivity contribution in [2.45, 2.75) is 24.8 Å². The highest BCUT2D eigenvalue weighted by Gasteiger charge is 2.31. The molecule has 0 unspecified atom stereocenters. The molecule has 1 N–H and O–H groups in total. The number of sulfonamides is 1. The summed E-state index contributed by atoms with van der Waals surface area (Å²) in [5, 5.41) is -0.258. The van der Waals surface area contributed by atoms with E-state index in [9.17, 15) is 18.0 Å². The Morgan fingerprint density at radius 2 is 1.67 bits per heavy atom. The molecule has 0 fully saturated rings. The van der Waals surface area contributed by atoms with E-state index in [0.717, 1.165) is 26.4 Å². The first-order valence-corrected chi connectivity index (χ1v) is 8.96. The summed E-state index contributed by atoms with van der Waals surface area (Å²) in [6, 6.07) is 0.994. The van der Waals surface area contributed by atoms with Gasteiger partial charge < -0.3 is 9.47 Å². The SMILES string of the molecule is COC(=O)c1cc(S(=O)(=O)N[C@H](C(=O)OC)C(C)C)c(Cl)cc1Cl. The zero-order chi connectivity index (χ0) is 18.7. The first-order chi connectivity index (χ1) is 11.0. The topological polar surface area (TPSA) is 98.8 Å². The molecule has 0 aliphatic carbocycles. The van der Waals surface area contributed by atoms with Crippen LogP contribution in [0.25, 0.3) is 0 Å². The van der Waals surface area contributed by atoms with Crippen LogP contribution in [0.5, 0.6) is 0 Å². The van der Waals surface area contributed by atoms with Crippen molar-refractivity contribution in [3.05, 3.63) is 27.7 Å². The number of carbonyl (C=O) groups excluding carboxylic acids is 2. The number of halogens is 2. The van der Waals surface area contributed by atoms with Gasteiger partial charge in [-0.2, -0.15) is 4.72 Å². The Kier molecular flexibility index (Phi) is 7.03. The molecular weight excluding hydrogens is 381 g/mol. The van der Waals surface area contributed by atoms with E-state index in [4.69, 9.17) is 23.2 Å². The summed E-state index contributed by atoms with van der Waals surface area (Å²) in [5.41, 5.74) is -0.164. The van der Waals surface area contributed by atoms with Crippen LogP contribution >= 0.6 is 23.2 Å². The summed E-state index contributed by atoms with van der Waals surface area (Å²) >= 11 is 11.8. The molecule has 0 aliphatic heterocycles. The van der Waals surface area contributed by atoms with Crippen LogP contribution in [0.2, 0.25) is 10.0 Å². The number of nitrogens with one attached hydrogen (secondary N) is 1. The van der Waals surface area contributed by atoms with Gasteiger partial charge in [0.1, 0.15) is 10.9 Å². The molecule has 0 bridgehead atoms. The summed E-state index contributed by atoms with van der Waals surface area (Å²) in [7, 11) is -1.94. The molecule has 0 saturated carbocycles. The first-order valence-electron chi connectivity index (χ1n) is 6.72. The predicted molar refractivity (Wildman–Crippen MR) is 88.8 cm³/mol. The Labute approximate surface area is 150 Å². The second-order valence-electron chi connectivity index (χ2n) is 5.12. The van der Waals surface area contributed by atoms with Gasteiger partial charge in [0.2, 0.25) is 10.0 Å². The monoisotopic (exact) mass is 397 g/mol. The summed E-state index contributed by atoms with van der Waals surface area (Å²) in [6.45, 7) is 3.29. The minimum Gasteiger partial charge on any atom is -0.468 e. The van der Waals surface area contributed by atoms with Crippen molar-refractivity contribution in [2.75, 3.05) is 14.2 Å². The largest absolute Gasteiger partial charge is 0.468 e. The number of hydrogen-bond donors (Lipinski definition) is 1. The summed E-state index contributed by atoms with van der Waals surface area (Å²) < 4.78 is 36.5. The standard InChI is InChI=1S/C14H17Cl2NO6S/c1-7(2)12(14(19)23-4)17-24(20,21)11-5-8(13(18)22-3)9(15)6-10(11)16/h5-7,12,17H,1-4H3/t12-/m0/s1. The van der Waals surface area contributed by atoms with E-state index in [1.165, 1.54) is 0 Å². The van der Waals surface area contributed by atoms with Gasteiger partial charge in [0.05, 0.1) is 29.8 Å². The van der Waals surface area contributed by atoms with Gasteiger partial charge in [-0.15, -0.1) is 0 Å². The molecule has 24 heavy (non-hydrogen) atoms. The molecule has 0 aromatic heterocycles.